The summed E-state index contributed by atoms with van der Waals surface area (Å²) in [6.45, 7) is 2.28. The maximum Gasteiger partial charge on any atom is 0.337 e. The second kappa shape index (κ2) is 10.8. The van der Waals surface area contributed by atoms with Crippen molar-refractivity contribution in [2.45, 2.75) is 89.9 Å². The summed E-state index contributed by atoms with van der Waals surface area (Å²) >= 11 is 0. The number of hydrogen-bond donors (Lipinski definition) is 0. The molecule has 0 amide bonds. The van der Waals surface area contributed by atoms with Crippen molar-refractivity contribution in [1.82, 2.24) is 0 Å². The lowest BCUT2D eigenvalue weighted by atomic mass is 9.63. The molecular weight excluding hydrogens is 399 g/mol. The molecule has 2 saturated carbocycles. The van der Waals surface area contributed by atoms with Gasteiger partial charge in [0.15, 0.2) is 0 Å². The van der Waals surface area contributed by atoms with Gasteiger partial charge in [0.2, 0.25) is 0 Å². The highest BCUT2D eigenvalue weighted by Crippen LogP contribution is 2.48. The van der Waals surface area contributed by atoms with Gasteiger partial charge in [-0.1, -0.05) is 64.0 Å². The number of carbonyl (C=O) groups is 1. The van der Waals surface area contributed by atoms with Crippen LogP contribution in [0.4, 0.5) is 4.39 Å². The Morgan fingerprint density at radius 3 is 2.56 bits per heavy atom. The number of esters is 1. The van der Waals surface area contributed by atoms with Gasteiger partial charge in [0, 0.05) is 5.39 Å². The molecular formula is C29H39FO2. The van der Waals surface area contributed by atoms with E-state index >= 15 is 0 Å². The van der Waals surface area contributed by atoms with Crippen molar-refractivity contribution in [3.05, 3.63) is 47.3 Å². The monoisotopic (exact) mass is 438 g/mol. The molecule has 3 heteroatoms. The van der Waals surface area contributed by atoms with Gasteiger partial charge >= 0.3 is 5.97 Å². The van der Waals surface area contributed by atoms with Gasteiger partial charge in [-0.05, 0) is 84.9 Å². The van der Waals surface area contributed by atoms with Gasteiger partial charge in [-0.3, -0.25) is 0 Å². The van der Waals surface area contributed by atoms with Crippen molar-refractivity contribution < 1.29 is 13.9 Å². The Balaban J connectivity index is 1.37. The van der Waals surface area contributed by atoms with E-state index in [9.17, 15) is 9.18 Å². The molecule has 0 bridgehead atoms. The quantitative estimate of drug-likeness (QED) is 0.305. The second-order valence-electron chi connectivity index (χ2n) is 10.3. The maximum absolute atomic E-state index is 15.0. The predicted octanol–water partition coefficient (Wildman–Crippen LogP) is 8.43. The highest BCUT2D eigenvalue weighted by atomic mass is 19.1. The molecule has 174 valence electrons. The van der Waals surface area contributed by atoms with Gasteiger partial charge in [-0.2, -0.15) is 0 Å². The van der Waals surface area contributed by atoms with E-state index < -0.39 is 5.97 Å². The Morgan fingerprint density at radius 1 is 0.969 bits per heavy atom. The molecule has 2 unspecified atom stereocenters. The number of hydrogen-bond acceptors (Lipinski definition) is 2. The normalized spacial score (nSPS) is 25.5. The summed E-state index contributed by atoms with van der Waals surface area (Å²) in [6, 6.07) is 9.06. The van der Waals surface area contributed by atoms with E-state index in [1.54, 1.807) is 18.2 Å². The SMILES string of the molecule is CCCCCCCC1CC[C@@H]2CC(c3cc(F)c4cc(C(=O)OC)ccc4c3)CC[C@H]2C1. The lowest BCUT2D eigenvalue weighted by Gasteiger charge is -2.42. The summed E-state index contributed by atoms with van der Waals surface area (Å²) in [5.41, 5.74) is 1.53. The standard InChI is InChI=1S/C29H39FO2/c1-3-4-5-6-7-8-20-9-10-22-16-23(12-11-21(22)15-20)26-17-24-13-14-25(29(31)32-2)18-27(24)28(30)19-26/h13-14,17-23H,3-12,15-16H2,1-2H3/t20?,21-,22+,23?/m0/s1. The fourth-order valence-electron chi connectivity index (χ4n) is 6.40. The van der Waals surface area contributed by atoms with Crippen molar-refractivity contribution in [3.8, 4) is 0 Å². The lowest BCUT2D eigenvalue weighted by molar-refractivity contribution is 0.0601. The predicted molar refractivity (Wildman–Crippen MR) is 130 cm³/mol. The van der Waals surface area contributed by atoms with E-state index in [2.05, 4.69) is 13.0 Å². The first kappa shape index (κ1) is 23.3. The topological polar surface area (TPSA) is 26.3 Å². The Bertz CT molecular complexity index is 921. The molecule has 2 aromatic rings. The first-order valence-corrected chi connectivity index (χ1v) is 12.9. The van der Waals surface area contributed by atoms with Gasteiger partial charge in [-0.25, -0.2) is 9.18 Å². The lowest BCUT2D eigenvalue weighted by Crippen LogP contribution is -2.30. The smallest absolute Gasteiger partial charge is 0.337 e. The van der Waals surface area contributed by atoms with Crippen LogP contribution in [0, 0.1) is 23.6 Å². The Morgan fingerprint density at radius 2 is 1.75 bits per heavy atom. The molecule has 0 N–H and O–H groups in total. The number of halogens is 1. The van der Waals surface area contributed by atoms with E-state index in [0.29, 0.717) is 16.9 Å². The van der Waals surface area contributed by atoms with E-state index in [-0.39, 0.29) is 5.82 Å². The summed E-state index contributed by atoms with van der Waals surface area (Å²) in [7, 11) is 1.35. The molecule has 0 aliphatic heterocycles. The minimum atomic E-state index is -0.426. The minimum absolute atomic E-state index is 0.225. The number of rotatable bonds is 8. The molecule has 0 aromatic heterocycles. The number of carbonyl (C=O) groups excluding carboxylic acids is 1. The largest absolute Gasteiger partial charge is 0.465 e. The third kappa shape index (κ3) is 5.35. The van der Waals surface area contributed by atoms with Crippen LogP contribution in [0.1, 0.15) is 106 Å². The molecule has 4 rings (SSSR count). The van der Waals surface area contributed by atoms with Crippen LogP contribution in [0.3, 0.4) is 0 Å². The highest BCUT2D eigenvalue weighted by molar-refractivity contribution is 5.95. The fraction of sp³-hybridized carbons (Fsp3) is 0.621. The average molecular weight is 439 g/mol. The van der Waals surface area contributed by atoms with E-state index in [4.69, 9.17) is 4.74 Å². The van der Waals surface area contributed by atoms with Crippen molar-refractivity contribution in [3.63, 3.8) is 0 Å². The zero-order chi connectivity index (χ0) is 22.5. The first-order chi connectivity index (χ1) is 15.6. The zero-order valence-electron chi connectivity index (χ0n) is 19.9. The molecule has 2 fully saturated rings. The van der Waals surface area contributed by atoms with Crippen molar-refractivity contribution in [2.75, 3.05) is 7.11 Å². The van der Waals surface area contributed by atoms with Crippen LogP contribution in [-0.2, 0) is 4.74 Å². The van der Waals surface area contributed by atoms with Crippen LogP contribution >= 0.6 is 0 Å². The van der Waals surface area contributed by atoms with E-state index in [1.165, 1.54) is 84.2 Å². The summed E-state index contributed by atoms with van der Waals surface area (Å²) in [5.74, 6) is 2.44. The van der Waals surface area contributed by atoms with Gasteiger partial charge in [0.05, 0.1) is 12.7 Å². The maximum atomic E-state index is 15.0. The Hall–Kier alpha value is -1.90. The van der Waals surface area contributed by atoms with Crippen molar-refractivity contribution in [1.29, 1.82) is 0 Å². The minimum Gasteiger partial charge on any atom is -0.465 e. The summed E-state index contributed by atoms with van der Waals surface area (Å²) in [6.07, 6.45) is 16.2. The molecule has 2 aliphatic rings. The number of benzene rings is 2. The zero-order valence-corrected chi connectivity index (χ0v) is 19.9. The molecule has 0 radical (unpaired) electrons. The summed E-state index contributed by atoms with van der Waals surface area (Å²) in [5, 5.41) is 1.38. The van der Waals surface area contributed by atoms with Crippen LogP contribution < -0.4 is 0 Å². The second-order valence-corrected chi connectivity index (χ2v) is 10.3. The number of methoxy groups -OCH3 is 1. The number of ether oxygens (including phenoxy) is 1. The summed E-state index contributed by atoms with van der Waals surface area (Å²) in [4.78, 5) is 11.8. The molecule has 2 aliphatic carbocycles. The van der Waals surface area contributed by atoms with Gasteiger partial charge < -0.3 is 4.74 Å². The molecule has 32 heavy (non-hydrogen) atoms. The van der Waals surface area contributed by atoms with E-state index in [0.717, 1.165) is 28.7 Å². The first-order valence-electron chi connectivity index (χ1n) is 12.9. The van der Waals surface area contributed by atoms with Crippen LogP contribution in [0.15, 0.2) is 30.3 Å². The molecule has 0 spiro atoms. The third-order valence-electron chi connectivity index (χ3n) is 8.26. The molecule has 4 atom stereocenters. The average Bonchev–Trinajstić information content (AvgIpc) is 2.82. The number of unbranched alkanes of at least 4 members (excludes halogenated alkanes) is 4. The molecule has 0 heterocycles. The van der Waals surface area contributed by atoms with Gasteiger partial charge in [-0.15, -0.1) is 0 Å². The van der Waals surface area contributed by atoms with E-state index in [1.807, 2.05) is 6.07 Å². The molecule has 0 saturated heterocycles. The Kier molecular flexibility index (Phi) is 7.86. The van der Waals surface area contributed by atoms with Crippen LogP contribution in [0.2, 0.25) is 0 Å². The Labute approximate surface area is 192 Å². The van der Waals surface area contributed by atoms with Crippen LogP contribution in [0.5, 0.6) is 0 Å². The van der Waals surface area contributed by atoms with Crippen LogP contribution in [0.25, 0.3) is 10.8 Å². The highest BCUT2D eigenvalue weighted by Gasteiger charge is 2.36. The van der Waals surface area contributed by atoms with Crippen LogP contribution in [-0.4, -0.2) is 13.1 Å². The molecule has 2 nitrogen and oxygen atoms in total. The molecule has 2 aromatic carbocycles. The third-order valence-corrected chi connectivity index (χ3v) is 8.26. The summed E-state index contributed by atoms with van der Waals surface area (Å²) < 4.78 is 19.8. The van der Waals surface area contributed by atoms with Crippen molar-refractivity contribution >= 4 is 16.7 Å². The van der Waals surface area contributed by atoms with Crippen molar-refractivity contribution in [2.24, 2.45) is 17.8 Å². The van der Waals surface area contributed by atoms with Gasteiger partial charge in [0.1, 0.15) is 5.82 Å². The van der Waals surface area contributed by atoms with Gasteiger partial charge in [0.25, 0.3) is 0 Å². The fourth-order valence-corrected chi connectivity index (χ4v) is 6.40. The number of fused-ring (bicyclic) bond motifs is 2.